The lowest BCUT2D eigenvalue weighted by molar-refractivity contribution is 0.0787. The number of likely N-dealkylation sites (tertiary alicyclic amines) is 1. The first-order valence-electron chi connectivity index (χ1n) is 8.70. The van der Waals surface area contributed by atoms with Crippen LogP contribution in [0.4, 0.5) is 0 Å². The van der Waals surface area contributed by atoms with Gasteiger partial charge < -0.3 is 15.4 Å². The van der Waals surface area contributed by atoms with Gasteiger partial charge in [0.1, 0.15) is 0 Å². The molecule has 3 rings (SSSR count). The predicted octanol–water partition coefficient (Wildman–Crippen LogP) is 0.565. The van der Waals surface area contributed by atoms with E-state index in [1.54, 1.807) is 17.0 Å². The summed E-state index contributed by atoms with van der Waals surface area (Å²) < 4.78 is 32.7. The average molecular weight is 367 g/mol. The van der Waals surface area contributed by atoms with Crippen LogP contribution in [0.25, 0.3) is 0 Å². The van der Waals surface area contributed by atoms with Crippen LogP contribution in [0.3, 0.4) is 0 Å². The van der Waals surface area contributed by atoms with E-state index in [-0.39, 0.29) is 23.5 Å². The molecule has 138 valence electrons. The van der Waals surface area contributed by atoms with E-state index in [1.165, 1.54) is 12.1 Å². The molecule has 1 aromatic carbocycles. The first kappa shape index (κ1) is 18.3. The van der Waals surface area contributed by atoms with E-state index in [0.717, 1.165) is 19.3 Å². The van der Waals surface area contributed by atoms with E-state index in [1.807, 2.05) is 0 Å². The maximum atomic E-state index is 12.5. The van der Waals surface area contributed by atoms with Crippen molar-refractivity contribution in [2.75, 3.05) is 32.8 Å². The van der Waals surface area contributed by atoms with Crippen molar-refractivity contribution in [1.29, 1.82) is 0 Å². The second kappa shape index (κ2) is 7.82. The van der Waals surface area contributed by atoms with Crippen LogP contribution in [0.1, 0.15) is 29.6 Å². The Labute approximate surface area is 148 Å². The number of carbonyl (C=O) groups is 1. The van der Waals surface area contributed by atoms with Crippen molar-refractivity contribution in [1.82, 2.24) is 9.62 Å². The Hall–Kier alpha value is -1.48. The first-order chi connectivity index (χ1) is 12.0. The SMILES string of the molecule is NCC1CCN(C(=O)c2ccc(S(=O)(=O)NCC3CCCO3)cc2)C1. The number of amides is 1. The third-order valence-electron chi connectivity index (χ3n) is 4.84. The number of nitrogens with one attached hydrogen (secondary N) is 1. The van der Waals surface area contributed by atoms with Crippen LogP contribution in [-0.2, 0) is 14.8 Å². The van der Waals surface area contributed by atoms with Crippen molar-refractivity contribution in [3.05, 3.63) is 29.8 Å². The monoisotopic (exact) mass is 367 g/mol. The molecule has 0 aliphatic carbocycles. The highest BCUT2D eigenvalue weighted by molar-refractivity contribution is 7.89. The number of benzene rings is 1. The predicted molar refractivity (Wildman–Crippen MR) is 93.7 cm³/mol. The van der Waals surface area contributed by atoms with Crippen LogP contribution >= 0.6 is 0 Å². The molecule has 25 heavy (non-hydrogen) atoms. The number of sulfonamides is 1. The van der Waals surface area contributed by atoms with Gasteiger partial charge in [0.15, 0.2) is 0 Å². The van der Waals surface area contributed by atoms with Crippen LogP contribution in [-0.4, -0.2) is 58.1 Å². The van der Waals surface area contributed by atoms with Gasteiger partial charge in [0.05, 0.1) is 11.0 Å². The highest BCUT2D eigenvalue weighted by atomic mass is 32.2. The highest BCUT2D eigenvalue weighted by Crippen LogP contribution is 2.19. The molecular formula is C17H25N3O4S. The first-order valence-corrected chi connectivity index (χ1v) is 10.2. The Morgan fingerprint density at radius 1 is 1.28 bits per heavy atom. The molecule has 2 aliphatic heterocycles. The van der Waals surface area contributed by atoms with E-state index >= 15 is 0 Å². The largest absolute Gasteiger partial charge is 0.377 e. The Morgan fingerprint density at radius 3 is 2.64 bits per heavy atom. The van der Waals surface area contributed by atoms with E-state index in [4.69, 9.17) is 10.5 Å². The average Bonchev–Trinajstić information content (AvgIpc) is 3.31. The van der Waals surface area contributed by atoms with E-state index < -0.39 is 10.0 Å². The molecule has 0 saturated carbocycles. The summed E-state index contributed by atoms with van der Waals surface area (Å²) in [6.07, 6.45) is 2.70. The van der Waals surface area contributed by atoms with Crippen molar-refractivity contribution in [2.24, 2.45) is 11.7 Å². The number of rotatable bonds is 6. The minimum atomic E-state index is -3.59. The summed E-state index contributed by atoms with van der Waals surface area (Å²) in [7, 11) is -3.59. The number of nitrogens with two attached hydrogens (primary N) is 1. The van der Waals surface area contributed by atoms with E-state index in [0.29, 0.717) is 37.7 Å². The van der Waals surface area contributed by atoms with Gasteiger partial charge in [-0.25, -0.2) is 13.1 Å². The molecule has 0 aromatic heterocycles. The summed E-state index contributed by atoms with van der Waals surface area (Å²) in [5.74, 6) is 0.276. The minimum absolute atomic E-state index is 0.0544. The zero-order valence-corrected chi connectivity index (χ0v) is 15.0. The lowest BCUT2D eigenvalue weighted by Gasteiger charge is -2.16. The molecule has 0 bridgehead atoms. The summed E-state index contributed by atoms with van der Waals surface area (Å²) in [6.45, 7) is 2.90. The number of hydrogen-bond acceptors (Lipinski definition) is 5. The van der Waals surface area contributed by atoms with Gasteiger partial charge in [0, 0.05) is 31.8 Å². The summed E-state index contributed by atoms with van der Waals surface area (Å²) >= 11 is 0. The lowest BCUT2D eigenvalue weighted by Crippen LogP contribution is -2.32. The smallest absolute Gasteiger partial charge is 0.253 e. The molecule has 0 radical (unpaired) electrons. The van der Waals surface area contributed by atoms with Crippen molar-refractivity contribution in [3.63, 3.8) is 0 Å². The van der Waals surface area contributed by atoms with Crippen LogP contribution < -0.4 is 10.5 Å². The summed E-state index contributed by atoms with van der Waals surface area (Å²) in [5, 5.41) is 0. The van der Waals surface area contributed by atoms with Gasteiger partial charge in [-0.15, -0.1) is 0 Å². The fourth-order valence-electron chi connectivity index (χ4n) is 3.26. The Balaban J connectivity index is 1.62. The Bertz CT molecular complexity index is 699. The number of ether oxygens (including phenoxy) is 1. The number of carbonyl (C=O) groups excluding carboxylic acids is 1. The Morgan fingerprint density at radius 2 is 2.04 bits per heavy atom. The van der Waals surface area contributed by atoms with Gasteiger partial charge in [-0.05, 0) is 56.0 Å². The molecule has 7 nitrogen and oxygen atoms in total. The molecular weight excluding hydrogens is 342 g/mol. The summed E-state index contributed by atoms with van der Waals surface area (Å²) in [6, 6.07) is 6.08. The fourth-order valence-corrected chi connectivity index (χ4v) is 4.33. The molecule has 2 fully saturated rings. The van der Waals surface area contributed by atoms with Gasteiger partial charge in [-0.3, -0.25) is 4.79 Å². The van der Waals surface area contributed by atoms with Crippen molar-refractivity contribution < 1.29 is 17.9 Å². The van der Waals surface area contributed by atoms with Crippen LogP contribution in [0.15, 0.2) is 29.2 Å². The van der Waals surface area contributed by atoms with Gasteiger partial charge in [-0.1, -0.05) is 0 Å². The molecule has 1 amide bonds. The fraction of sp³-hybridized carbons (Fsp3) is 0.588. The second-order valence-corrected chi connectivity index (χ2v) is 8.42. The third-order valence-corrected chi connectivity index (χ3v) is 6.28. The molecule has 0 spiro atoms. The van der Waals surface area contributed by atoms with E-state index in [9.17, 15) is 13.2 Å². The Kier molecular flexibility index (Phi) is 5.73. The third kappa shape index (κ3) is 4.38. The molecule has 8 heteroatoms. The van der Waals surface area contributed by atoms with Crippen molar-refractivity contribution >= 4 is 15.9 Å². The molecule has 2 saturated heterocycles. The molecule has 3 N–H and O–H groups in total. The van der Waals surface area contributed by atoms with Crippen molar-refractivity contribution in [2.45, 2.75) is 30.3 Å². The second-order valence-electron chi connectivity index (χ2n) is 6.65. The summed E-state index contributed by atoms with van der Waals surface area (Å²) in [4.78, 5) is 14.4. The maximum Gasteiger partial charge on any atom is 0.253 e. The standard InChI is InChI=1S/C17H25N3O4S/c18-10-13-7-8-20(12-13)17(21)14-3-5-16(6-4-14)25(22,23)19-11-15-2-1-9-24-15/h3-6,13,15,19H,1-2,7-12,18H2. The van der Waals surface area contributed by atoms with Crippen molar-refractivity contribution in [3.8, 4) is 0 Å². The van der Waals surface area contributed by atoms with Gasteiger partial charge in [0.2, 0.25) is 10.0 Å². The molecule has 2 unspecified atom stereocenters. The molecule has 2 aliphatic rings. The molecule has 2 atom stereocenters. The zero-order valence-electron chi connectivity index (χ0n) is 14.2. The quantitative estimate of drug-likeness (QED) is 0.765. The normalized spacial score (nSPS) is 24.0. The number of hydrogen-bond donors (Lipinski definition) is 2. The minimum Gasteiger partial charge on any atom is -0.377 e. The lowest BCUT2D eigenvalue weighted by atomic mass is 10.1. The number of nitrogens with zero attached hydrogens (tertiary/aromatic N) is 1. The maximum absolute atomic E-state index is 12.5. The van der Waals surface area contributed by atoms with Gasteiger partial charge in [-0.2, -0.15) is 0 Å². The van der Waals surface area contributed by atoms with Gasteiger partial charge >= 0.3 is 0 Å². The summed E-state index contributed by atoms with van der Waals surface area (Å²) in [5.41, 5.74) is 6.15. The topological polar surface area (TPSA) is 102 Å². The van der Waals surface area contributed by atoms with Gasteiger partial charge in [0.25, 0.3) is 5.91 Å². The van der Waals surface area contributed by atoms with Crippen LogP contribution in [0.5, 0.6) is 0 Å². The van der Waals surface area contributed by atoms with Crippen LogP contribution in [0, 0.1) is 5.92 Å². The molecule has 2 heterocycles. The van der Waals surface area contributed by atoms with E-state index in [2.05, 4.69) is 4.72 Å². The molecule has 1 aromatic rings. The van der Waals surface area contributed by atoms with Crippen LogP contribution in [0.2, 0.25) is 0 Å². The highest BCUT2D eigenvalue weighted by Gasteiger charge is 2.26. The zero-order chi connectivity index (χ0) is 17.9.